The van der Waals surface area contributed by atoms with Crippen LogP contribution in [0.4, 0.5) is 18.9 Å². The summed E-state index contributed by atoms with van der Waals surface area (Å²) in [5.41, 5.74) is -1.21. The Morgan fingerprint density at radius 1 is 1.38 bits per heavy atom. The summed E-state index contributed by atoms with van der Waals surface area (Å²) < 4.78 is 44.9. The molecule has 1 aromatic carbocycles. The monoisotopic (exact) mass is 387 g/mol. The van der Waals surface area contributed by atoms with Gasteiger partial charge in [0, 0.05) is 13.2 Å². The maximum atomic E-state index is 12.8. The summed E-state index contributed by atoms with van der Waals surface area (Å²) in [5.74, 6) is 0. The van der Waals surface area contributed by atoms with Crippen LogP contribution in [0.1, 0.15) is 24.8 Å². The number of ether oxygens (including phenoxy) is 1. The van der Waals surface area contributed by atoms with Gasteiger partial charge in [0.1, 0.15) is 5.02 Å². The van der Waals surface area contributed by atoms with Crippen molar-refractivity contribution in [3.05, 3.63) is 51.4 Å². The Balaban J connectivity index is 1.78. The number of hydrogen-bond donors (Lipinski definition) is 1. The quantitative estimate of drug-likeness (QED) is 0.845. The molecule has 1 unspecified atom stereocenters. The predicted molar refractivity (Wildman–Crippen MR) is 91.9 cm³/mol. The molecule has 1 aliphatic rings. The zero-order valence-corrected chi connectivity index (χ0v) is 14.5. The summed E-state index contributed by atoms with van der Waals surface area (Å²) in [6, 6.07) is 4.37. The molecule has 0 amide bonds. The van der Waals surface area contributed by atoms with E-state index in [0.717, 1.165) is 42.7 Å². The third kappa shape index (κ3) is 4.19. The van der Waals surface area contributed by atoms with Crippen molar-refractivity contribution in [2.75, 3.05) is 18.5 Å². The van der Waals surface area contributed by atoms with Gasteiger partial charge in [-0.1, -0.05) is 17.7 Å². The number of anilines is 1. The van der Waals surface area contributed by atoms with Crippen molar-refractivity contribution in [1.82, 2.24) is 9.78 Å². The van der Waals surface area contributed by atoms with E-state index in [-0.39, 0.29) is 16.8 Å². The molecule has 0 aliphatic carbocycles. The lowest BCUT2D eigenvalue weighted by Crippen LogP contribution is -2.23. The van der Waals surface area contributed by atoms with Crippen LogP contribution in [0, 0.1) is 0 Å². The number of alkyl halides is 3. The van der Waals surface area contributed by atoms with E-state index in [2.05, 4.69) is 10.4 Å². The first-order chi connectivity index (χ1) is 12.4. The minimum atomic E-state index is -4.51. The molecule has 0 spiro atoms. The summed E-state index contributed by atoms with van der Waals surface area (Å²) in [7, 11) is 0. The van der Waals surface area contributed by atoms with Gasteiger partial charge in [-0.2, -0.15) is 23.0 Å². The molecule has 1 saturated heterocycles. The van der Waals surface area contributed by atoms with Crippen LogP contribution in [-0.4, -0.2) is 29.0 Å². The molecule has 0 saturated carbocycles. The molecule has 1 aromatic heterocycles. The van der Waals surface area contributed by atoms with E-state index in [0.29, 0.717) is 12.2 Å². The van der Waals surface area contributed by atoms with Crippen LogP contribution in [0.25, 0.3) is 5.69 Å². The van der Waals surface area contributed by atoms with Crippen molar-refractivity contribution < 1.29 is 17.9 Å². The Labute approximate surface area is 152 Å². The van der Waals surface area contributed by atoms with Gasteiger partial charge in [0.25, 0.3) is 5.56 Å². The van der Waals surface area contributed by atoms with E-state index in [1.807, 2.05) is 0 Å². The van der Waals surface area contributed by atoms with Crippen LogP contribution in [-0.2, 0) is 10.9 Å². The second-order valence-electron chi connectivity index (χ2n) is 5.99. The molecule has 140 valence electrons. The van der Waals surface area contributed by atoms with Gasteiger partial charge >= 0.3 is 6.18 Å². The lowest BCUT2D eigenvalue weighted by molar-refractivity contribution is -0.137. The van der Waals surface area contributed by atoms with Crippen molar-refractivity contribution in [2.45, 2.75) is 31.5 Å². The molecule has 26 heavy (non-hydrogen) atoms. The molecule has 3 rings (SSSR count). The summed E-state index contributed by atoms with van der Waals surface area (Å²) >= 11 is 6.08. The number of nitrogens with one attached hydrogen (secondary N) is 1. The van der Waals surface area contributed by atoms with Crippen molar-refractivity contribution in [3.63, 3.8) is 0 Å². The lowest BCUT2D eigenvalue weighted by Gasteiger charge is -2.13. The molecule has 2 aromatic rings. The molecule has 1 N–H and O–H groups in total. The van der Waals surface area contributed by atoms with Crippen LogP contribution < -0.4 is 10.9 Å². The van der Waals surface area contributed by atoms with Gasteiger partial charge in [-0.3, -0.25) is 4.79 Å². The van der Waals surface area contributed by atoms with Gasteiger partial charge in [0.15, 0.2) is 0 Å². The van der Waals surface area contributed by atoms with E-state index in [1.165, 1.54) is 18.3 Å². The maximum Gasteiger partial charge on any atom is 0.416 e. The molecule has 2 heterocycles. The number of nitrogens with zero attached hydrogens (tertiary/aromatic N) is 2. The average Bonchev–Trinajstić information content (AvgIpc) is 3.11. The summed E-state index contributed by atoms with van der Waals surface area (Å²) in [4.78, 5) is 12.4. The summed E-state index contributed by atoms with van der Waals surface area (Å²) in [5, 5.41) is 6.85. The fourth-order valence-corrected chi connectivity index (χ4v) is 2.99. The Hall–Kier alpha value is -2.06. The molecule has 5 nitrogen and oxygen atoms in total. The molecule has 1 fully saturated rings. The number of rotatable bonds is 5. The average molecular weight is 388 g/mol. The molecule has 1 atom stereocenters. The largest absolute Gasteiger partial charge is 0.416 e. The van der Waals surface area contributed by atoms with Gasteiger partial charge in [-0.15, -0.1) is 0 Å². The van der Waals surface area contributed by atoms with Gasteiger partial charge in [0.05, 0.1) is 29.2 Å². The minimum absolute atomic E-state index is 0.00219. The van der Waals surface area contributed by atoms with E-state index in [9.17, 15) is 18.0 Å². The zero-order chi connectivity index (χ0) is 18.7. The smallest absolute Gasteiger partial charge is 0.382 e. The van der Waals surface area contributed by atoms with Crippen LogP contribution in [0.3, 0.4) is 0 Å². The molecule has 0 bridgehead atoms. The fourth-order valence-electron chi connectivity index (χ4n) is 2.79. The normalized spacial score (nSPS) is 17.5. The Morgan fingerprint density at radius 2 is 2.19 bits per heavy atom. The molecule has 1 aliphatic heterocycles. The van der Waals surface area contributed by atoms with Crippen molar-refractivity contribution in [1.29, 1.82) is 0 Å². The molecular formula is C17H17ClF3N3O2. The second-order valence-corrected chi connectivity index (χ2v) is 6.37. The number of halogens is 4. The minimum Gasteiger partial charge on any atom is -0.382 e. The van der Waals surface area contributed by atoms with E-state index in [1.54, 1.807) is 0 Å². The molecular weight excluding hydrogens is 371 g/mol. The standard InChI is InChI=1S/C17H17ClF3N3O2/c18-15-14(22-7-6-13-5-2-8-26-13)10-23-24(16(15)25)12-4-1-3-11(9-12)17(19,20)21/h1,3-4,9-10,13,22H,2,5-8H2. The van der Waals surface area contributed by atoms with Crippen LogP contribution in [0.15, 0.2) is 35.3 Å². The van der Waals surface area contributed by atoms with Crippen LogP contribution in [0.2, 0.25) is 5.02 Å². The highest BCUT2D eigenvalue weighted by molar-refractivity contribution is 6.32. The van der Waals surface area contributed by atoms with Crippen molar-refractivity contribution >= 4 is 17.3 Å². The van der Waals surface area contributed by atoms with E-state index in [4.69, 9.17) is 16.3 Å². The first-order valence-corrected chi connectivity index (χ1v) is 8.55. The van der Waals surface area contributed by atoms with Crippen molar-refractivity contribution in [3.8, 4) is 5.69 Å². The zero-order valence-electron chi connectivity index (χ0n) is 13.7. The Morgan fingerprint density at radius 3 is 2.88 bits per heavy atom. The predicted octanol–water partition coefficient (Wildman–Crippen LogP) is 3.89. The fraction of sp³-hybridized carbons (Fsp3) is 0.412. The number of aromatic nitrogens is 2. The molecule has 0 radical (unpaired) electrons. The summed E-state index contributed by atoms with van der Waals surface area (Å²) in [6.07, 6.45) is -0.162. The maximum absolute atomic E-state index is 12.8. The first kappa shape index (κ1) is 18.7. The highest BCUT2D eigenvalue weighted by Crippen LogP contribution is 2.30. The van der Waals surface area contributed by atoms with E-state index >= 15 is 0 Å². The van der Waals surface area contributed by atoms with Gasteiger partial charge < -0.3 is 10.1 Å². The van der Waals surface area contributed by atoms with Gasteiger partial charge in [-0.05, 0) is 37.5 Å². The summed E-state index contributed by atoms with van der Waals surface area (Å²) in [6.45, 7) is 1.32. The van der Waals surface area contributed by atoms with Crippen LogP contribution >= 0.6 is 11.6 Å². The molecule has 9 heteroatoms. The first-order valence-electron chi connectivity index (χ1n) is 8.17. The van der Waals surface area contributed by atoms with Crippen LogP contribution in [0.5, 0.6) is 0 Å². The highest BCUT2D eigenvalue weighted by Gasteiger charge is 2.30. The van der Waals surface area contributed by atoms with Gasteiger partial charge in [0.2, 0.25) is 0 Å². The Bertz CT molecular complexity index is 833. The third-order valence-corrected chi connectivity index (χ3v) is 4.51. The number of benzene rings is 1. The SMILES string of the molecule is O=c1c(Cl)c(NCCC2CCCO2)cnn1-c1cccc(C(F)(F)F)c1. The highest BCUT2D eigenvalue weighted by atomic mass is 35.5. The third-order valence-electron chi connectivity index (χ3n) is 4.14. The second kappa shape index (κ2) is 7.67. The lowest BCUT2D eigenvalue weighted by atomic mass is 10.2. The van der Waals surface area contributed by atoms with Crippen molar-refractivity contribution in [2.24, 2.45) is 0 Å². The number of hydrogen-bond acceptors (Lipinski definition) is 4. The van der Waals surface area contributed by atoms with Gasteiger partial charge in [-0.25, -0.2) is 0 Å². The van der Waals surface area contributed by atoms with E-state index < -0.39 is 17.3 Å². The Kier molecular flexibility index (Phi) is 5.52. The topological polar surface area (TPSA) is 56.1 Å².